The smallest absolute Gasteiger partial charge is 0.462 e. The first-order chi connectivity index (χ1) is 21.8. The van der Waals surface area contributed by atoms with Crippen LogP contribution in [0.4, 0.5) is 0 Å². The second-order valence-electron chi connectivity index (χ2n) is 12.5. The molecule has 0 aromatic carbocycles. The maximum absolute atomic E-state index is 12.4. The number of carbonyl (C=O) groups is 2. The Hall–Kier alpha value is -0.990. The van der Waals surface area contributed by atoms with Gasteiger partial charge in [-0.2, -0.15) is 0 Å². The fourth-order valence-corrected chi connectivity index (χ4v) is 5.99. The molecule has 0 bridgehead atoms. The molecule has 3 N–H and O–H groups in total. The molecule has 0 heterocycles. The number of hydrogen-bond acceptors (Lipinski definition) is 8. The summed E-state index contributed by atoms with van der Waals surface area (Å²) in [6.07, 6.45) is 28.7. The van der Waals surface area contributed by atoms with E-state index < -0.39 is 26.5 Å². The van der Waals surface area contributed by atoms with Crippen LogP contribution in [-0.2, 0) is 32.7 Å². The molecule has 0 saturated heterocycles. The highest BCUT2D eigenvalue weighted by Gasteiger charge is 2.25. The molecule has 9 nitrogen and oxygen atoms in total. The number of rotatable bonds is 35. The molecule has 0 aliphatic heterocycles. The largest absolute Gasteiger partial charge is 0.472 e. The molecule has 0 aliphatic rings. The molecule has 1 unspecified atom stereocenters. The van der Waals surface area contributed by atoms with E-state index in [4.69, 9.17) is 24.3 Å². The first-order valence-electron chi connectivity index (χ1n) is 18.5. The summed E-state index contributed by atoms with van der Waals surface area (Å²) in [6, 6.07) is 0. The molecule has 0 saturated carbocycles. The molecule has 10 heteroatoms. The van der Waals surface area contributed by atoms with Crippen molar-refractivity contribution in [1.29, 1.82) is 0 Å². The van der Waals surface area contributed by atoms with E-state index in [9.17, 15) is 19.0 Å². The van der Waals surface area contributed by atoms with E-state index in [1.54, 1.807) is 0 Å². The molecule has 0 spiro atoms. The fraction of sp³-hybridized carbons (Fsp3) is 0.943. The predicted octanol–water partition coefficient (Wildman–Crippen LogP) is 9.72. The van der Waals surface area contributed by atoms with Gasteiger partial charge in [0.15, 0.2) is 6.10 Å². The van der Waals surface area contributed by atoms with Crippen LogP contribution in [0.3, 0.4) is 0 Å². The molecule has 45 heavy (non-hydrogen) atoms. The van der Waals surface area contributed by atoms with E-state index in [0.717, 1.165) is 38.5 Å². The van der Waals surface area contributed by atoms with Crippen molar-refractivity contribution >= 4 is 19.8 Å². The van der Waals surface area contributed by atoms with Gasteiger partial charge in [-0.15, -0.1) is 0 Å². The zero-order valence-electron chi connectivity index (χ0n) is 29.1. The molecule has 0 aromatic rings. The lowest BCUT2D eigenvalue weighted by Crippen LogP contribution is -2.29. The van der Waals surface area contributed by atoms with E-state index in [1.165, 1.54) is 109 Å². The van der Waals surface area contributed by atoms with Crippen LogP contribution in [0.25, 0.3) is 0 Å². The lowest BCUT2D eigenvalue weighted by molar-refractivity contribution is -0.161. The van der Waals surface area contributed by atoms with Crippen LogP contribution >= 0.6 is 7.82 Å². The number of carbonyl (C=O) groups excluding carboxylic acids is 2. The maximum Gasteiger partial charge on any atom is 0.472 e. The van der Waals surface area contributed by atoms with E-state index in [1.807, 2.05) is 0 Å². The number of nitrogens with two attached hydrogens (primary N) is 1. The van der Waals surface area contributed by atoms with Crippen LogP contribution in [0.1, 0.15) is 181 Å². The van der Waals surface area contributed by atoms with Crippen LogP contribution < -0.4 is 5.73 Å². The van der Waals surface area contributed by atoms with Crippen molar-refractivity contribution in [3.8, 4) is 0 Å². The van der Waals surface area contributed by atoms with E-state index in [-0.39, 0.29) is 38.6 Å². The summed E-state index contributed by atoms with van der Waals surface area (Å²) in [5, 5.41) is 0. The van der Waals surface area contributed by atoms with Crippen molar-refractivity contribution in [3.63, 3.8) is 0 Å². The number of unbranched alkanes of at least 4 members (excludes halogenated alkanes) is 22. The molecule has 268 valence electrons. The summed E-state index contributed by atoms with van der Waals surface area (Å²) in [7, 11) is -4.35. The number of hydrogen-bond donors (Lipinski definition) is 2. The van der Waals surface area contributed by atoms with Gasteiger partial charge in [-0.1, -0.05) is 155 Å². The van der Waals surface area contributed by atoms with Crippen molar-refractivity contribution in [2.45, 2.75) is 187 Å². The van der Waals surface area contributed by atoms with Gasteiger partial charge in [0.05, 0.1) is 13.2 Å². The van der Waals surface area contributed by atoms with Gasteiger partial charge in [-0.25, -0.2) is 4.57 Å². The molecular weight excluding hydrogens is 593 g/mol. The van der Waals surface area contributed by atoms with E-state index in [2.05, 4.69) is 13.8 Å². The zero-order valence-corrected chi connectivity index (χ0v) is 30.0. The van der Waals surface area contributed by atoms with E-state index in [0.29, 0.717) is 6.42 Å². The van der Waals surface area contributed by atoms with Gasteiger partial charge in [0, 0.05) is 19.4 Å². The Balaban J connectivity index is 4.07. The number of phosphoric ester groups is 1. The fourth-order valence-electron chi connectivity index (χ4n) is 5.22. The lowest BCUT2D eigenvalue weighted by Gasteiger charge is -2.19. The van der Waals surface area contributed by atoms with Gasteiger partial charge in [0.1, 0.15) is 6.61 Å². The predicted molar refractivity (Wildman–Crippen MR) is 183 cm³/mol. The molecular formula is C35H70NO8P. The molecule has 0 fully saturated rings. The van der Waals surface area contributed by atoms with Gasteiger partial charge in [-0.3, -0.25) is 18.6 Å². The van der Waals surface area contributed by atoms with Gasteiger partial charge in [0.2, 0.25) is 0 Å². The molecule has 0 aliphatic carbocycles. The monoisotopic (exact) mass is 663 g/mol. The third kappa shape index (κ3) is 32.7. The Morgan fingerprint density at radius 1 is 0.578 bits per heavy atom. The van der Waals surface area contributed by atoms with Gasteiger partial charge < -0.3 is 20.1 Å². The van der Waals surface area contributed by atoms with Crippen molar-refractivity contribution in [2.75, 3.05) is 26.4 Å². The van der Waals surface area contributed by atoms with Crippen LogP contribution in [-0.4, -0.2) is 49.3 Å². The highest BCUT2D eigenvalue weighted by Crippen LogP contribution is 2.43. The highest BCUT2D eigenvalue weighted by atomic mass is 31.2. The van der Waals surface area contributed by atoms with Crippen LogP contribution in [0.2, 0.25) is 0 Å². The Morgan fingerprint density at radius 2 is 0.956 bits per heavy atom. The van der Waals surface area contributed by atoms with Crippen LogP contribution in [0, 0.1) is 0 Å². The minimum atomic E-state index is -4.35. The van der Waals surface area contributed by atoms with Crippen molar-refractivity contribution in [2.24, 2.45) is 5.73 Å². The maximum atomic E-state index is 12.4. The SMILES string of the molecule is CCCCCCCCCCCCCCCCCCCC(=O)OC[C@@H](COP(=O)(O)OCCN)OC(=O)CCCCCCCCC. The first kappa shape index (κ1) is 44.0. The number of ether oxygens (including phenoxy) is 2. The Morgan fingerprint density at radius 3 is 1.36 bits per heavy atom. The number of esters is 2. The minimum absolute atomic E-state index is 0.0573. The summed E-state index contributed by atoms with van der Waals surface area (Å²) in [4.78, 5) is 34.5. The van der Waals surface area contributed by atoms with Crippen molar-refractivity contribution in [3.05, 3.63) is 0 Å². The Bertz CT molecular complexity index is 724. The van der Waals surface area contributed by atoms with Crippen LogP contribution in [0.15, 0.2) is 0 Å². The number of phosphoric acid groups is 1. The van der Waals surface area contributed by atoms with E-state index >= 15 is 0 Å². The standard InChI is InChI=1S/C35H70NO8P/c1-3-5-7-9-11-12-13-14-15-16-17-18-19-20-22-23-25-27-34(37)41-31-33(32-43-45(39,40)42-30-29-36)44-35(38)28-26-24-21-10-8-6-4-2/h33H,3-32,36H2,1-2H3,(H,39,40)/t33-/m0/s1. The van der Waals surface area contributed by atoms with Gasteiger partial charge in [0.25, 0.3) is 0 Å². The third-order valence-corrected chi connectivity index (χ3v) is 8.98. The molecule has 0 aromatic heterocycles. The normalized spacial score (nSPS) is 13.4. The van der Waals surface area contributed by atoms with Gasteiger partial charge >= 0.3 is 19.8 Å². The summed E-state index contributed by atoms with van der Waals surface area (Å²) in [6.45, 7) is 3.69. The topological polar surface area (TPSA) is 134 Å². The zero-order chi connectivity index (χ0) is 33.3. The average Bonchev–Trinajstić information content (AvgIpc) is 3.02. The minimum Gasteiger partial charge on any atom is -0.462 e. The quantitative estimate of drug-likeness (QED) is 0.0386. The second kappa shape index (κ2) is 32.9. The van der Waals surface area contributed by atoms with Crippen molar-refractivity contribution in [1.82, 2.24) is 0 Å². The molecule has 0 radical (unpaired) electrons. The highest BCUT2D eigenvalue weighted by molar-refractivity contribution is 7.47. The average molecular weight is 664 g/mol. The summed E-state index contributed by atoms with van der Waals surface area (Å²) < 4.78 is 32.5. The van der Waals surface area contributed by atoms with Crippen molar-refractivity contribution < 1.29 is 37.6 Å². The summed E-state index contributed by atoms with van der Waals surface area (Å²) >= 11 is 0. The summed E-state index contributed by atoms with van der Waals surface area (Å²) in [5.41, 5.74) is 5.31. The lowest BCUT2D eigenvalue weighted by atomic mass is 10.0. The first-order valence-corrected chi connectivity index (χ1v) is 20.0. The Kier molecular flexibility index (Phi) is 32.2. The third-order valence-electron chi connectivity index (χ3n) is 7.99. The second-order valence-corrected chi connectivity index (χ2v) is 13.9. The molecule has 2 atom stereocenters. The summed E-state index contributed by atoms with van der Waals surface area (Å²) in [5.74, 6) is -0.826. The Labute approximate surface area is 276 Å². The van der Waals surface area contributed by atoms with Gasteiger partial charge in [-0.05, 0) is 12.8 Å². The molecule has 0 amide bonds. The molecule has 0 rings (SSSR count). The van der Waals surface area contributed by atoms with Crippen LogP contribution in [0.5, 0.6) is 0 Å².